The molecule has 1 aromatic heterocycles. The lowest BCUT2D eigenvalue weighted by Crippen LogP contribution is -1.83. The van der Waals surface area contributed by atoms with E-state index in [1.165, 1.54) is 0 Å². The Labute approximate surface area is 68.2 Å². The summed E-state index contributed by atoms with van der Waals surface area (Å²) in [6.07, 6.45) is 0. The van der Waals surface area contributed by atoms with Crippen molar-refractivity contribution in [3.8, 4) is 0 Å². The molecule has 1 rings (SSSR count). The number of hydrogen-bond acceptors (Lipinski definition) is 5. The summed E-state index contributed by atoms with van der Waals surface area (Å²) in [5.41, 5.74) is 5.19. The number of nitro groups is 1. The van der Waals surface area contributed by atoms with E-state index in [9.17, 15) is 10.1 Å². The Morgan fingerprint density at radius 1 is 1.80 bits per heavy atom. The Morgan fingerprint density at radius 3 is 2.60 bits per heavy atom. The molecule has 0 spiro atoms. The van der Waals surface area contributed by atoms with Gasteiger partial charge in [0.05, 0.1) is 4.92 Å². The van der Waals surface area contributed by atoms with Gasteiger partial charge in [0.2, 0.25) is 0 Å². The maximum atomic E-state index is 10.1. The van der Waals surface area contributed by atoms with Gasteiger partial charge >= 0.3 is 5.00 Å². The Hall–Kier alpha value is -0.690. The van der Waals surface area contributed by atoms with Crippen LogP contribution in [0.5, 0.6) is 0 Å². The molecular weight excluding hydrogens is 222 g/mol. The van der Waals surface area contributed by atoms with Crippen LogP contribution in [-0.2, 0) is 0 Å². The van der Waals surface area contributed by atoms with Crippen LogP contribution in [0.2, 0.25) is 0 Å². The first kappa shape index (κ1) is 7.42. The molecule has 0 amide bonds. The quantitative estimate of drug-likeness (QED) is 0.577. The summed E-state index contributed by atoms with van der Waals surface area (Å²) < 4.78 is 0.194. The molecule has 54 valence electrons. The smallest absolute Gasteiger partial charge is 0.360 e. The number of hydrogen-bond donors (Lipinski definition) is 1. The molecule has 5 nitrogen and oxygen atoms in total. The average molecular weight is 224 g/mol. The first-order chi connectivity index (χ1) is 4.61. The molecule has 0 aliphatic rings. The number of aromatic nitrogens is 1. The summed E-state index contributed by atoms with van der Waals surface area (Å²) in [5.74, 6) is 0. The minimum absolute atomic E-state index is 0.0579. The van der Waals surface area contributed by atoms with Crippen LogP contribution in [0, 0.1) is 10.1 Å². The van der Waals surface area contributed by atoms with E-state index in [2.05, 4.69) is 20.9 Å². The van der Waals surface area contributed by atoms with Crippen molar-refractivity contribution in [1.29, 1.82) is 0 Å². The van der Waals surface area contributed by atoms with Gasteiger partial charge in [-0.05, 0) is 27.3 Å². The van der Waals surface area contributed by atoms with Gasteiger partial charge in [-0.2, -0.15) is 0 Å². The van der Waals surface area contributed by atoms with E-state index in [0.717, 1.165) is 11.3 Å². The molecule has 0 bridgehead atoms. The number of nitrogens with zero attached hydrogens (tertiary/aromatic N) is 2. The summed E-state index contributed by atoms with van der Waals surface area (Å²) >= 11 is 3.74. The molecule has 0 fully saturated rings. The monoisotopic (exact) mass is 223 g/mol. The Kier molecular flexibility index (Phi) is 1.86. The van der Waals surface area contributed by atoms with E-state index < -0.39 is 4.92 Å². The molecule has 7 heteroatoms. The topological polar surface area (TPSA) is 82.0 Å². The molecule has 1 aromatic rings. The number of rotatable bonds is 1. The maximum Gasteiger partial charge on any atom is 0.360 e. The lowest BCUT2D eigenvalue weighted by molar-refractivity contribution is -0.381. The third-order valence-electron chi connectivity index (χ3n) is 0.752. The van der Waals surface area contributed by atoms with Gasteiger partial charge in [-0.15, -0.1) is 0 Å². The molecular formula is C3H2BrN3O2S. The normalized spacial score (nSPS) is 9.70. The van der Waals surface area contributed by atoms with Crippen LogP contribution < -0.4 is 5.73 Å². The first-order valence-corrected chi connectivity index (χ1v) is 3.78. The second-order valence-electron chi connectivity index (χ2n) is 1.41. The Balaban J connectivity index is 3.15. The van der Waals surface area contributed by atoms with Crippen molar-refractivity contribution < 1.29 is 4.92 Å². The lowest BCUT2D eigenvalue weighted by Gasteiger charge is -1.79. The summed E-state index contributed by atoms with van der Waals surface area (Å²) in [6, 6.07) is 0. The molecule has 0 saturated heterocycles. The van der Waals surface area contributed by atoms with Crippen molar-refractivity contribution >= 4 is 37.4 Å². The van der Waals surface area contributed by atoms with Crippen molar-refractivity contribution in [2.24, 2.45) is 0 Å². The molecule has 0 saturated carbocycles. The van der Waals surface area contributed by atoms with Gasteiger partial charge in [-0.25, -0.2) is 4.98 Å². The lowest BCUT2D eigenvalue weighted by atomic mass is 10.9. The minimum Gasteiger partial charge on any atom is -0.375 e. The predicted octanol–water partition coefficient (Wildman–Crippen LogP) is 1.40. The van der Waals surface area contributed by atoms with Crippen molar-refractivity contribution in [2.45, 2.75) is 0 Å². The summed E-state index contributed by atoms with van der Waals surface area (Å²) in [5, 5.41) is 10.3. The van der Waals surface area contributed by atoms with Gasteiger partial charge in [0, 0.05) is 0 Å². The zero-order valence-electron chi connectivity index (χ0n) is 4.57. The fraction of sp³-hybridized carbons (Fsp3) is 0. The van der Waals surface area contributed by atoms with Crippen molar-refractivity contribution in [1.82, 2.24) is 4.98 Å². The van der Waals surface area contributed by atoms with Crippen LogP contribution in [-0.4, -0.2) is 9.91 Å². The van der Waals surface area contributed by atoms with Crippen LogP contribution in [0.4, 0.5) is 10.1 Å². The van der Waals surface area contributed by atoms with Crippen LogP contribution >= 0.6 is 27.3 Å². The Morgan fingerprint density at radius 2 is 2.40 bits per heavy atom. The highest BCUT2D eigenvalue weighted by Gasteiger charge is 2.16. The fourth-order valence-electron chi connectivity index (χ4n) is 0.421. The second-order valence-corrected chi connectivity index (χ2v) is 3.17. The molecule has 0 aliphatic carbocycles. The molecule has 0 unspecified atom stereocenters. The molecule has 0 atom stereocenters. The molecule has 2 N–H and O–H groups in total. The van der Waals surface area contributed by atoms with E-state index in [-0.39, 0.29) is 14.7 Å². The van der Waals surface area contributed by atoms with Crippen molar-refractivity contribution in [3.05, 3.63) is 14.7 Å². The molecule has 10 heavy (non-hydrogen) atoms. The van der Waals surface area contributed by atoms with E-state index in [4.69, 9.17) is 5.73 Å². The van der Waals surface area contributed by atoms with Gasteiger partial charge in [0.1, 0.15) is 0 Å². The third-order valence-corrected chi connectivity index (χ3v) is 2.40. The van der Waals surface area contributed by atoms with Crippen LogP contribution in [0.15, 0.2) is 4.60 Å². The SMILES string of the molecule is Nc1nc(Br)c([N+](=O)[O-])s1. The maximum absolute atomic E-state index is 10.1. The van der Waals surface area contributed by atoms with Crippen LogP contribution in [0.25, 0.3) is 0 Å². The number of nitrogen functional groups attached to an aromatic ring is 1. The van der Waals surface area contributed by atoms with Gasteiger partial charge < -0.3 is 5.73 Å². The average Bonchev–Trinajstić information content (AvgIpc) is 2.10. The predicted molar refractivity (Wildman–Crippen MR) is 40.9 cm³/mol. The van der Waals surface area contributed by atoms with Gasteiger partial charge in [-0.1, -0.05) is 0 Å². The zero-order chi connectivity index (χ0) is 7.72. The van der Waals surface area contributed by atoms with Gasteiger partial charge in [0.15, 0.2) is 9.73 Å². The minimum atomic E-state index is -0.530. The highest BCUT2D eigenvalue weighted by molar-refractivity contribution is 9.10. The second kappa shape index (κ2) is 2.51. The molecule has 0 aromatic carbocycles. The number of anilines is 1. The molecule has 0 radical (unpaired) electrons. The van der Waals surface area contributed by atoms with Crippen molar-refractivity contribution in [2.75, 3.05) is 5.73 Å². The Bertz CT molecular complexity index is 273. The van der Waals surface area contributed by atoms with E-state index >= 15 is 0 Å². The third kappa shape index (κ3) is 1.24. The first-order valence-electron chi connectivity index (χ1n) is 2.17. The van der Waals surface area contributed by atoms with Gasteiger partial charge in [-0.3, -0.25) is 10.1 Å². The largest absolute Gasteiger partial charge is 0.375 e. The number of halogens is 1. The van der Waals surface area contributed by atoms with E-state index in [1.54, 1.807) is 0 Å². The van der Waals surface area contributed by atoms with Crippen molar-refractivity contribution in [3.63, 3.8) is 0 Å². The van der Waals surface area contributed by atoms with Crippen LogP contribution in [0.3, 0.4) is 0 Å². The highest BCUT2D eigenvalue weighted by Crippen LogP contribution is 2.32. The molecule has 1 heterocycles. The van der Waals surface area contributed by atoms with Crippen LogP contribution in [0.1, 0.15) is 0 Å². The fourth-order valence-corrected chi connectivity index (χ4v) is 1.66. The van der Waals surface area contributed by atoms with E-state index in [0.29, 0.717) is 0 Å². The summed E-state index contributed by atoms with van der Waals surface area (Å²) in [4.78, 5) is 13.2. The summed E-state index contributed by atoms with van der Waals surface area (Å²) in [6.45, 7) is 0. The highest BCUT2D eigenvalue weighted by atomic mass is 79.9. The number of nitrogens with two attached hydrogens (primary N) is 1. The zero-order valence-corrected chi connectivity index (χ0v) is 6.98. The number of thiazole rings is 1. The van der Waals surface area contributed by atoms with E-state index in [1.807, 2.05) is 0 Å². The van der Waals surface area contributed by atoms with Gasteiger partial charge in [0.25, 0.3) is 0 Å². The molecule has 0 aliphatic heterocycles. The standard InChI is InChI=1S/C3H2BrN3O2S/c4-1-2(7(8)9)10-3(5)6-1/h(H2,5,6). The summed E-state index contributed by atoms with van der Waals surface area (Å²) in [7, 11) is 0.